The van der Waals surface area contributed by atoms with Gasteiger partial charge < -0.3 is 15.4 Å². The number of hydrogen-bond acceptors (Lipinski definition) is 5. The molecule has 1 atom stereocenters. The van der Waals surface area contributed by atoms with Gasteiger partial charge in [-0.2, -0.15) is 0 Å². The number of rotatable bonds is 7. The first kappa shape index (κ1) is 18.4. The van der Waals surface area contributed by atoms with E-state index in [9.17, 15) is 4.79 Å². The van der Waals surface area contributed by atoms with Gasteiger partial charge in [0.1, 0.15) is 11.4 Å². The summed E-state index contributed by atoms with van der Waals surface area (Å²) in [5, 5.41) is 6.06. The maximum Gasteiger partial charge on any atom is 0.274 e. The summed E-state index contributed by atoms with van der Waals surface area (Å²) in [7, 11) is 0. The van der Waals surface area contributed by atoms with Crippen LogP contribution in [0.3, 0.4) is 0 Å². The predicted octanol–water partition coefficient (Wildman–Crippen LogP) is 4.30. The van der Waals surface area contributed by atoms with Crippen LogP contribution in [-0.2, 0) is 0 Å². The van der Waals surface area contributed by atoms with Crippen LogP contribution in [-0.4, -0.2) is 22.5 Å². The molecule has 6 heteroatoms. The van der Waals surface area contributed by atoms with E-state index in [2.05, 4.69) is 20.6 Å². The zero-order valence-electron chi connectivity index (χ0n) is 15.3. The topological polar surface area (TPSA) is 76.1 Å². The Morgan fingerprint density at radius 2 is 1.81 bits per heavy atom. The standard InChI is InChI=1S/C21H22N4O2/c1-3-27-19-12-8-7-11-17(19)24-20(26)18-13-14-22-21(25-18)23-15(2)16-9-5-4-6-10-16/h4-15H,3H2,1-2H3,(H,24,26)(H,22,23,25). The van der Waals surface area contributed by atoms with Crippen LogP contribution in [0.4, 0.5) is 11.6 Å². The van der Waals surface area contributed by atoms with Crippen molar-refractivity contribution in [1.82, 2.24) is 9.97 Å². The van der Waals surface area contributed by atoms with Crippen molar-refractivity contribution in [2.75, 3.05) is 17.2 Å². The first-order chi connectivity index (χ1) is 13.2. The number of para-hydroxylation sites is 2. The fourth-order valence-electron chi connectivity index (χ4n) is 2.61. The second kappa shape index (κ2) is 8.80. The third-order valence-electron chi connectivity index (χ3n) is 3.97. The molecule has 0 fully saturated rings. The van der Waals surface area contributed by atoms with Crippen LogP contribution in [0.25, 0.3) is 0 Å². The van der Waals surface area contributed by atoms with Gasteiger partial charge in [0, 0.05) is 6.20 Å². The van der Waals surface area contributed by atoms with Gasteiger partial charge >= 0.3 is 0 Å². The number of anilines is 2. The van der Waals surface area contributed by atoms with Crippen molar-refractivity contribution in [3.63, 3.8) is 0 Å². The molecule has 0 aliphatic carbocycles. The second-order valence-electron chi connectivity index (χ2n) is 5.93. The Kier molecular flexibility index (Phi) is 5.99. The Balaban J connectivity index is 1.72. The van der Waals surface area contributed by atoms with E-state index in [0.717, 1.165) is 5.56 Å². The fourth-order valence-corrected chi connectivity index (χ4v) is 2.61. The van der Waals surface area contributed by atoms with Crippen molar-refractivity contribution < 1.29 is 9.53 Å². The molecular weight excluding hydrogens is 340 g/mol. The molecule has 1 unspecified atom stereocenters. The Hall–Kier alpha value is -3.41. The van der Waals surface area contributed by atoms with Crippen molar-refractivity contribution in [3.05, 3.63) is 78.1 Å². The summed E-state index contributed by atoms with van der Waals surface area (Å²) < 4.78 is 5.54. The highest BCUT2D eigenvalue weighted by atomic mass is 16.5. The molecule has 138 valence electrons. The first-order valence-corrected chi connectivity index (χ1v) is 8.85. The molecule has 3 aromatic rings. The lowest BCUT2D eigenvalue weighted by Gasteiger charge is -2.15. The minimum Gasteiger partial charge on any atom is -0.492 e. The second-order valence-corrected chi connectivity index (χ2v) is 5.93. The van der Waals surface area contributed by atoms with Crippen molar-refractivity contribution >= 4 is 17.5 Å². The SMILES string of the molecule is CCOc1ccccc1NC(=O)c1ccnc(NC(C)c2ccccc2)n1. The molecule has 1 aromatic heterocycles. The summed E-state index contributed by atoms with van der Waals surface area (Å²) in [4.78, 5) is 21.1. The van der Waals surface area contributed by atoms with Gasteiger partial charge in [-0.15, -0.1) is 0 Å². The lowest BCUT2D eigenvalue weighted by atomic mass is 10.1. The largest absolute Gasteiger partial charge is 0.492 e. The Morgan fingerprint density at radius 3 is 2.59 bits per heavy atom. The van der Waals surface area contributed by atoms with Crippen LogP contribution in [0, 0.1) is 0 Å². The molecule has 0 radical (unpaired) electrons. The number of aromatic nitrogens is 2. The van der Waals surface area contributed by atoms with Crippen LogP contribution in [0.15, 0.2) is 66.9 Å². The van der Waals surface area contributed by atoms with Crippen molar-refractivity contribution in [1.29, 1.82) is 0 Å². The number of ether oxygens (including phenoxy) is 1. The first-order valence-electron chi connectivity index (χ1n) is 8.85. The van der Waals surface area contributed by atoms with E-state index in [-0.39, 0.29) is 17.6 Å². The number of amides is 1. The van der Waals surface area contributed by atoms with Gasteiger partial charge in [-0.05, 0) is 37.6 Å². The summed E-state index contributed by atoms with van der Waals surface area (Å²) >= 11 is 0. The van der Waals surface area contributed by atoms with Gasteiger partial charge in [0.25, 0.3) is 5.91 Å². The van der Waals surface area contributed by atoms with Crippen molar-refractivity contribution in [2.45, 2.75) is 19.9 Å². The number of nitrogens with one attached hydrogen (secondary N) is 2. The zero-order chi connectivity index (χ0) is 19.1. The molecule has 0 spiro atoms. The number of nitrogens with zero attached hydrogens (tertiary/aromatic N) is 2. The molecular formula is C21H22N4O2. The van der Waals surface area contributed by atoms with Gasteiger partial charge in [0.2, 0.25) is 5.95 Å². The number of hydrogen-bond donors (Lipinski definition) is 2. The van der Waals surface area contributed by atoms with E-state index in [1.807, 2.05) is 62.4 Å². The predicted molar refractivity (Wildman–Crippen MR) is 106 cm³/mol. The van der Waals surface area contributed by atoms with E-state index in [4.69, 9.17) is 4.74 Å². The molecule has 2 aromatic carbocycles. The lowest BCUT2D eigenvalue weighted by Crippen LogP contribution is -2.17. The molecule has 3 rings (SSSR count). The van der Waals surface area contributed by atoms with Gasteiger partial charge in [0.15, 0.2) is 0 Å². The van der Waals surface area contributed by atoms with E-state index < -0.39 is 0 Å². The molecule has 1 amide bonds. The van der Waals surface area contributed by atoms with Crippen LogP contribution in [0.1, 0.15) is 35.9 Å². The third kappa shape index (κ3) is 4.82. The number of benzene rings is 2. The molecule has 0 saturated carbocycles. The normalized spacial score (nSPS) is 11.5. The Labute approximate surface area is 158 Å². The van der Waals surface area contributed by atoms with Gasteiger partial charge in [-0.3, -0.25) is 4.79 Å². The van der Waals surface area contributed by atoms with Crippen LogP contribution < -0.4 is 15.4 Å². The van der Waals surface area contributed by atoms with Gasteiger partial charge in [0.05, 0.1) is 18.3 Å². The summed E-state index contributed by atoms with van der Waals surface area (Å²) in [6.07, 6.45) is 1.57. The Morgan fingerprint density at radius 1 is 1.07 bits per heavy atom. The van der Waals surface area contributed by atoms with Gasteiger partial charge in [-0.1, -0.05) is 42.5 Å². The molecule has 27 heavy (non-hydrogen) atoms. The third-order valence-corrected chi connectivity index (χ3v) is 3.97. The minimum atomic E-state index is -0.319. The van der Waals surface area contributed by atoms with Gasteiger partial charge in [-0.25, -0.2) is 9.97 Å². The molecule has 1 heterocycles. The lowest BCUT2D eigenvalue weighted by molar-refractivity contribution is 0.102. The average molecular weight is 362 g/mol. The highest BCUT2D eigenvalue weighted by Gasteiger charge is 2.13. The highest BCUT2D eigenvalue weighted by molar-refractivity contribution is 6.03. The minimum absolute atomic E-state index is 0.0168. The zero-order valence-corrected chi connectivity index (χ0v) is 15.3. The summed E-state index contributed by atoms with van der Waals surface area (Å²) in [5.74, 6) is 0.704. The molecule has 0 aliphatic rings. The maximum absolute atomic E-state index is 12.6. The molecule has 0 aliphatic heterocycles. The number of carbonyl (C=O) groups is 1. The monoisotopic (exact) mass is 362 g/mol. The molecule has 0 bridgehead atoms. The summed E-state index contributed by atoms with van der Waals surface area (Å²) in [6.45, 7) is 4.43. The number of carbonyl (C=O) groups excluding carboxylic acids is 1. The molecule has 0 saturated heterocycles. The summed E-state index contributed by atoms with van der Waals surface area (Å²) in [6, 6.07) is 18.9. The van der Waals surface area contributed by atoms with E-state index in [0.29, 0.717) is 24.0 Å². The van der Waals surface area contributed by atoms with Crippen molar-refractivity contribution in [2.24, 2.45) is 0 Å². The van der Waals surface area contributed by atoms with E-state index >= 15 is 0 Å². The highest BCUT2D eigenvalue weighted by Crippen LogP contribution is 2.24. The van der Waals surface area contributed by atoms with E-state index in [1.54, 1.807) is 18.3 Å². The van der Waals surface area contributed by atoms with Crippen LogP contribution in [0.2, 0.25) is 0 Å². The average Bonchev–Trinajstić information content (AvgIpc) is 2.70. The smallest absolute Gasteiger partial charge is 0.274 e. The van der Waals surface area contributed by atoms with Crippen LogP contribution in [0.5, 0.6) is 5.75 Å². The maximum atomic E-state index is 12.6. The Bertz CT molecular complexity index is 899. The van der Waals surface area contributed by atoms with E-state index in [1.165, 1.54) is 0 Å². The van der Waals surface area contributed by atoms with Crippen molar-refractivity contribution in [3.8, 4) is 5.75 Å². The fraction of sp³-hybridized carbons (Fsp3) is 0.190. The summed E-state index contributed by atoms with van der Waals surface area (Å²) in [5.41, 5.74) is 2.00. The molecule has 6 nitrogen and oxygen atoms in total. The molecule has 2 N–H and O–H groups in total. The quantitative estimate of drug-likeness (QED) is 0.655. The van der Waals surface area contributed by atoms with Crippen LogP contribution >= 0.6 is 0 Å².